The molecule has 19 heavy (non-hydrogen) atoms. The SMILES string of the molecule is CCC(N)C(SC(C)C(C)C)c1ccccc1OC. The third-order valence-corrected chi connectivity index (χ3v) is 5.48. The van der Waals surface area contributed by atoms with Crippen molar-refractivity contribution < 1.29 is 4.74 Å². The Kier molecular flexibility index (Phi) is 6.73. The summed E-state index contributed by atoms with van der Waals surface area (Å²) in [5.74, 6) is 1.59. The first-order valence-electron chi connectivity index (χ1n) is 7.05. The Morgan fingerprint density at radius 2 is 1.84 bits per heavy atom. The van der Waals surface area contributed by atoms with Gasteiger partial charge in [-0.15, -0.1) is 11.8 Å². The number of nitrogens with two attached hydrogens (primary N) is 1. The number of thioether (sulfide) groups is 1. The lowest BCUT2D eigenvalue weighted by Gasteiger charge is -2.28. The second kappa shape index (κ2) is 7.81. The molecule has 0 aliphatic carbocycles. The number of hydrogen-bond donors (Lipinski definition) is 1. The number of benzene rings is 1. The van der Waals surface area contributed by atoms with Crippen LogP contribution in [0.4, 0.5) is 0 Å². The third-order valence-electron chi connectivity index (χ3n) is 3.61. The zero-order valence-electron chi connectivity index (χ0n) is 12.7. The normalized spacial score (nSPS) is 16.2. The molecule has 0 saturated carbocycles. The van der Waals surface area contributed by atoms with Gasteiger partial charge in [0.15, 0.2) is 0 Å². The molecule has 3 heteroatoms. The first-order valence-corrected chi connectivity index (χ1v) is 7.99. The van der Waals surface area contributed by atoms with Crippen LogP contribution in [-0.4, -0.2) is 18.4 Å². The van der Waals surface area contributed by atoms with Gasteiger partial charge in [0.25, 0.3) is 0 Å². The fourth-order valence-electron chi connectivity index (χ4n) is 1.91. The summed E-state index contributed by atoms with van der Waals surface area (Å²) in [6.07, 6.45) is 0.973. The van der Waals surface area contributed by atoms with Gasteiger partial charge in [0, 0.05) is 22.1 Å². The molecule has 108 valence electrons. The van der Waals surface area contributed by atoms with E-state index in [1.54, 1.807) is 7.11 Å². The first-order chi connectivity index (χ1) is 9.01. The molecule has 0 aliphatic rings. The van der Waals surface area contributed by atoms with Crippen LogP contribution in [0.25, 0.3) is 0 Å². The predicted molar refractivity (Wildman–Crippen MR) is 85.9 cm³/mol. The van der Waals surface area contributed by atoms with Crippen LogP contribution in [0.3, 0.4) is 0 Å². The Bertz CT molecular complexity index is 381. The van der Waals surface area contributed by atoms with Crippen LogP contribution in [0.1, 0.15) is 44.9 Å². The minimum Gasteiger partial charge on any atom is -0.496 e. The average Bonchev–Trinajstić information content (AvgIpc) is 2.43. The van der Waals surface area contributed by atoms with E-state index in [0.29, 0.717) is 16.4 Å². The fraction of sp³-hybridized carbons (Fsp3) is 0.625. The van der Waals surface area contributed by atoms with Crippen LogP contribution in [0.5, 0.6) is 5.75 Å². The van der Waals surface area contributed by atoms with E-state index in [2.05, 4.69) is 39.8 Å². The maximum Gasteiger partial charge on any atom is 0.123 e. The second-order valence-electron chi connectivity index (χ2n) is 5.32. The molecule has 2 N–H and O–H groups in total. The van der Waals surface area contributed by atoms with Gasteiger partial charge in [-0.3, -0.25) is 0 Å². The van der Waals surface area contributed by atoms with Gasteiger partial charge in [-0.2, -0.15) is 0 Å². The van der Waals surface area contributed by atoms with Crippen molar-refractivity contribution >= 4 is 11.8 Å². The molecule has 0 aliphatic heterocycles. The Morgan fingerprint density at radius 3 is 2.37 bits per heavy atom. The van der Waals surface area contributed by atoms with Crippen LogP contribution in [0.2, 0.25) is 0 Å². The summed E-state index contributed by atoms with van der Waals surface area (Å²) in [5.41, 5.74) is 7.56. The van der Waals surface area contributed by atoms with Crippen molar-refractivity contribution in [1.82, 2.24) is 0 Å². The van der Waals surface area contributed by atoms with E-state index in [0.717, 1.165) is 12.2 Å². The summed E-state index contributed by atoms with van der Waals surface area (Å²) < 4.78 is 5.49. The molecule has 1 aromatic carbocycles. The molecule has 0 heterocycles. The number of rotatable bonds is 7. The summed E-state index contributed by atoms with van der Waals surface area (Å²) in [6.45, 7) is 8.94. The van der Waals surface area contributed by atoms with E-state index >= 15 is 0 Å². The predicted octanol–water partition coefficient (Wildman–Crippen LogP) is 4.25. The van der Waals surface area contributed by atoms with Crippen LogP contribution < -0.4 is 10.5 Å². The maximum atomic E-state index is 6.34. The van der Waals surface area contributed by atoms with Crippen LogP contribution in [0.15, 0.2) is 24.3 Å². The number of hydrogen-bond acceptors (Lipinski definition) is 3. The van der Waals surface area contributed by atoms with Crippen LogP contribution in [0, 0.1) is 5.92 Å². The van der Waals surface area contributed by atoms with Crippen molar-refractivity contribution in [3.05, 3.63) is 29.8 Å². The molecule has 0 bridgehead atoms. The van der Waals surface area contributed by atoms with Gasteiger partial charge in [-0.1, -0.05) is 45.9 Å². The summed E-state index contributed by atoms with van der Waals surface area (Å²) in [6, 6.07) is 8.38. The van der Waals surface area contributed by atoms with Gasteiger partial charge < -0.3 is 10.5 Å². The molecule has 0 fully saturated rings. The Hall–Kier alpha value is -0.670. The first kappa shape index (κ1) is 16.4. The van der Waals surface area contributed by atoms with Crippen LogP contribution >= 0.6 is 11.8 Å². The fourth-order valence-corrected chi connectivity index (χ4v) is 3.42. The van der Waals surface area contributed by atoms with Crippen molar-refractivity contribution in [1.29, 1.82) is 0 Å². The van der Waals surface area contributed by atoms with Gasteiger partial charge in [0.2, 0.25) is 0 Å². The Balaban J connectivity index is 3.02. The van der Waals surface area contributed by atoms with Crippen molar-refractivity contribution in [3.63, 3.8) is 0 Å². The minimum absolute atomic E-state index is 0.155. The molecular weight excluding hydrogens is 254 g/mol. The smallest absolute Gasteiger partial charge is 0.123 e. The van der Waals surface area contributed by atoms with Crippen LogP contribution in [-0.2, 0) is 0 Å². The van der Waals surface area contributed by atoms with E-state index in [9.17, 15) is 0 Å². The number of methoxy groups -OCH3 is 1. The maximum absolute atomic E-state index is 6.34. The van der Waals surface area contributed by atoms with Crippen molar-refractivity contribution in [2.75, 3.05) is 7.11 Å². The van der Waals surface area contributed by atoms with Gasteiger partial charge in [-0.05, 0) is 18.4 Å². The van der Waals surface area contributed by atoms with E-state index < -0.39 is 0 Å². The van der Waals surface area contributed by atoms with E-state index in [1.165, 1.54) is 5.56 Å². The highest BCUT2D eigenvalue weighted by atomic mass is 32.2. The molecule has 0 radical (unpaired) electrons. The van der Waals surface area contributed by atoms with E-state index in [4.69, 9.17) is 10.5 Å². The molecule has 0 amide bonds. The lowest BCUT2D eigenvalue weighted by molar-refractivity contribution is 0.407. The molecule has 0 saturated heterocycles. The Morgan fingerprint density at radius 1 is 1.21 bits per heavy atom. The largest absolute Gasteiger partial charge is 0.496 e. The minimum atomic E-state index is 0.155. The van der Waals surface area contributed by atoms with Crippen molar-refractivity contribution in [2.24, 2.45) is 11.7 Å². The third kappa shape index (κ3) is 4.43. The molecule has 3 unspecified atom stereocenters. The second-order valence-corrected chi connectivity index (χ2v) is 6.84. The number of para-hydroxylation sites is 1. The molecule has 0 spiro atoms. The Labute approximate surface area is 122 Å². The summed E-state index contributed by atoms with van der Waals surface area (Å²) in [5, 5.41) is 0.867. The van der Waals surface area contributed by atoms with Crippen molar-refractivity contribution in [2.45, 2.75) is 50.7 Å². The molecule has 1 aromatic rings. The molecular formula is C16H27NOS. The lowest BCUT2D eigenvalue weighted by Crippen LogP contribution is -2.28. The highest BCUT2D eigenvalue weighted by Crippen LogP contribution is 2.41. The summed E-state index contributed by atoms with van der Waals surface area (Å²) >= 11 is 1.96. The van der Waals surface area contributed by atoms with E-state index in [1.807, 2.05) is 23.9 Å². The standard InChI is InChI=1S/C16H27NOS/c1-6-14(17)16(19-12(4)11(2)3)13-9-7-8-10-15(13)18-5/h7-12,14,16H,6,17H2,1-5H3. The lowest BCUT2D eigenvalue weighted by atomic mass is 10.0. The summed E-state index contributed by atoms with van der Waals surface area (Å²) in [4.78, 5) is 0. The molecule has 3 atom stereocenters. The van der Waals surface area contributed by atoms with Gasteiger partial charge in [0.1, 0.15) is 5.75 Å². The molecule has 2 nitrogen and oxygen atoms in total. The van der Waals surface area contributed by atoms with E-state index in [-0.39, 0.29) is 6.04 Å². The number of ether oxygens (including phenoxy) is 1. The summed E-state index contributed by atoms with van der Waals surface area (Å²) in [7, 11) is 1.73. The van der Waals surface area contributed by atoms with Gasteiger partial charge in [-0.25, -0.2) is 0 Å². The highest BCUT2D eigenvalue weighted by molar-refractivity contribution is 8.00. The van der Waals surface area contributed by atoms with Gasteiger partial charge >= 0.3 is 0 Å². The monoisotopic (exact) mass is 281 g/mol. The average molecular weight is 281 g/mol. The zero-order valence-corrected chi connectivity index (χ0v) is 13.5. The van der Waals surface area contributed by atoms with Gasteiger partial charge in [0.05, 0.1) is 7.11 Å². The molecule has 1 rings (SSSR count). The molecule has 0 aromatic heterocycles. The zero-order chi connectivity index (χ0) is 14.4. The quantitative estimate of drug-likeness (QED) is 0.811. The highest BCUT2D eigenvalue weighted by Gasteiger charge is 2.25. The van der Waals surface area contributed by atoms with Crippen molar-refractivity contribution in [3.8, 4) is 5.75 Å². The topological polar surface area (TPSA) is 35.2 Å².